The van der Waals surface area contributed by atoms with Crippen molar-refractivity contribution in [3.8, 4) is 16.9 Å². The minimum Gasteiger partial charge on any atom is -0.461 e. The summed E-state index contributed by atoms with van der Waals surface area (Å²) in [5.74, 6) is 0.989. The van der Waals surface area contributed by atoms with Gasteiger partial charge in [0.05, 0.1) is 29.1 Å². The van der Waals surface area contributed by atoms with Crippen LogP contribution in [0.3, 0.4) is 0 Å². The van der Waals surface area contributed by atoms with Crippen molar-refractivity contribution < 1.29 is 56.7 Å². The predicted octanol–water partition coefficient (Wildman–Crippen LogP) is 10.8. The molecule has 0 N–H and O–H groups in total. The van der Waals surface area contributed by atoms with E-state index in [-0.39, 0.29) is 17.9 Å². The fourth-order valence-electron chi connectivity index (χ4n) is 13.8. The van der Waals surface area contributed by atoms with Crippen LogP contribution in [0.25, 0.3) is 21.3 Å². The number of carbonyl (C=O) groups excluding carboxylic acids is 4. The van der Waals surface area contributed by atoms with Gasteiger partial charge in [0.15, 0.2) is 17.0 Å². The van der Waals surface area contributed by atoms with E-state index in [9.17, 15) is 19.2 Å². The van der Waals surface area contributed by atoms with E-state index in [1.54, 1.807) is 37.9 Å². The molecule has 18 nitrogen and oxygen atoms in total. The van der Waals surface area contributed by atoms with Crippen molar-refractivity contribution in [3.63, 3.8) is 0 Å². The monoisotopic (exact) mass is 1200 g/mol. The number of hydrogen-bond acceptors (Lipinski definition) is 16. The van der Waals surface area contributed by atoms with Gasteiger partial charge >= 0.3 is 17.9 Å². The van der Waals surface area contributed by atoms with Crippen LogP contribution in [0.15, 0.2) is 90.1 Å². The summed E-state index contributed by atoms with van der Waals surface area (Å²) in [4.78, 5) is 64.0. The molecule has 446 valence electrons. The Kier molecular flexibility index (Phi) is 17.2. The third-order valence-electron chi connectivity index (χ3n) is 17.4. The van der Waals surface area contributed by atoms with E-state index in [1.165, 1.54) is 70.6 Å². The number of thiazole rings is 1. The highest BCUT2D eigenvalue weighted by molar-refractivity contribution is 7.66. The average Bonchev–Trinajstić information content (AvgIpc) is 1.82. The lowest BCUT2D eigenvalue weighted by Crippen LogP contribution is -2.62. The first-order valence-corrected chi connectivity index (χ1v) is 36.0. The Morgan fingerprint density at radius 1 is 0.833 bits per heavy atom. The molecule has 12 rings (SSSR count). The summed E-state index contributed by atoms with van der Waals surface area (Å²) >= 11 is 1.47. The van der Waals surface area contributed by atoms with Crippen LogP contribution >= 0.6 is 18.7 Å². The molecule has 0 radical (unpaired) electrons. The molecule has 3 aromatic heterocycles. The van der Waals surface area contributed by atoms with E-state index in [0.717, 1.165) is 62.9 Å². The van der Waals surface area contributed by atoms with Crippen LogP contribution in [0.5, 0.6) is 5.75 Å². The van der Waals surface area contributed by atoms with E-state index >= 15 is 4.57 Å². The van der Waals surface area contributed by atoms with Crippen LogP contribution in [0.4, 0.5) is 5.82 Å². The second-order valence-electron chi connectivity index (χ2n) is 25.2. The molecule has 3 aromatic carbocycles. The Balaban J connectivity index is 0.867. The van der Waals surface area contributed by atoms with E-state index < -0.39 is 64.1 Å². The van der Waals surface area contributed by atoms with Crippen molar-refractivity contribution in [1.29, 1.82) is 0 Å². The Bertz CT molecular complexity index is 3560. The van der Waals surface area contributed by atoms with Crippen molar-refractivity contribution in [2.75, 3.05) is 24.7 Å². The Hall–Kier alpha value is -6.28. The number of benzene rings is 3. The summed E-state index contributed by atoms with van der Waals surface area (Å²) in [5.41, 5.74) is 7.17. The molecule has 1 unspecified atom stereocenters. The number of esters is 3. The lowest BCUT2D eigenvalue weighted by atomic mass is 9.49. The zero-order chi connectivity index (χ0) is 59.2. The molecule has 1 amide bonds. The second kappa shape index (κ2) is 24.2. The van der Waals surface area contributed by atoms with Crippen LogP contribution in [-0.2, 0) is 80.0 Å². The number of pyridine rings is 1. The molecule has 5 fully saturated rings. The van der Waals surface area contributed by atoms with Gasteiger partial charge in [0.25, 0.3) is 5.91 Å². The molecule has 84 heavy (non-hydrogen) atoms. The van der Waals surface area contributed by atoms with Crippen LogP contribution in [0.1, 0.15) is 99.0 Å². The van der Waals surface area contributed by atoms with Gasteiger partial charge in [-0.15, -0.1) is 0 Å². The van der Waals surface area contributed by atoms with Gasteiger partial charge < -0.3 is 37.8 Å². The number of aromatic nitrogens is 4. The fourth-order valence-corrected chi connectivity index (χ4v) is 17.0. The van der Waals surface area contributed by atoms with Gasteiger partial charge in [-0.25, -0.2) is 4.98 Å². The quantitative estimate of drug-likeness (QED) is 0.0243. The Morgan fingerprint density at radius 2 is 1.51 bits per heavy atom. The van der Waals surface area contributed by atoms with Crippen LogP contribution in [0, 0.1) is 30.1 Å². The van der Waals surface area contributed by atoms with E-state index in [2.05, 4.69) is 42.2 Å². The number of anilines is 1. The summed E-state index contributed by atoms with van der Waals surface area (Å²) in [6.45, 7) is 18.7. The molecule has 0 spiro atoms. The van der Waals surface area contributed by atoms with Gasteiger partial charge in [-0.3, -0.25) is 33.0 Å². The smallest absolute Gasteiger partial charge is 0.303 e. The van der Waals surface area contributed by atoms with Crippen molar-refractivity contribution in [2.24, 2.45) is 28.2 Å². The van der Waals surface area contributed by atoms with Gasteiger partial charge in [-0.1, -0.05) is 67.4 Å². The fraction of sp³-hybridized carbons (Fsp3) is 0.508. The Morgan fingerprint density at radius 3 is 2.20 bits per heavy atom. The molecule has 4 saturated carbocycles. The number of carbonyl (C=O) groups is 4. The van der Waals surface area contributed by atoms with Gasteiger partial charge in [0.1, 0.15) is 23.7 Å². The second-order valence-corrected chi connectivity index (χ2v) is 34.2. The highest BCUT2D eigenvalue weighted by atomic mass is 32.1. The first-order valence-electron chi connectivity index (χ1n) is 29.4. The zero-order valence-corrected chi connectivity index (χ0v) is 52.2. The minimum atomic E-state index is -3.76. The lowest BCUT2D eigenvalue weighted by Gasteiger charge is -2.56. The molecular formula is C63H77N6O12PSSi. The maximum atomic E-state index is 15.5. The number of fused-ring (bicyclic) bond motifs is 2. The summed E-state index contributed by atoms with van der Waals surface area (Å²) in [6, 6.07) is 25.8. The van der Waals surface area contributed by atoms with Gasteiger partial charge in [-0.05, 0) is 147 Å². The van der Waals surface area contributed by atoms with Crippen LogP contribution in [0.2, 0.25) is 25.7 Å². The first kappa shape index (κ1) is 59.4. The van der Waals surface area contributed by atoms with Gasteiger partial charge in [-0.2, -0.15) is 10.1 Å². The molecular weight excluding hydrogens is 1120 g/mol. The molecule has 21 heteroatoms. The number of nitrogens with zero attached hydrogens (tertiary/aromatic N) is 6. The maximum absolute atomic E-state index is 15.5. The SMILES string of the molecule is CC(=O)O[C@H]1[C@H](OC(C)=O)[C@H](Oc2ccc(COP(C)(=O)c3nc(N4CCc5cccc(C(=O)N=c6sc7ccccc7n6COCC[Si](C)(C)C)c5C4)ccc3-c3cnn(CC45CC6CC(CC(C6)C4)C5)c3C)cc2)O[C@@H](C)[C@H]1OC(C)=O. The Labute approximate surface area is 495 Å². The predicted molar refractivity (Wildman–Crippen MR) is 322 cm³/mol. The van der Waals surface area contributed by atoms with E-state index in [1.807, 2.05) is 59.3 Å². The van der Waals surface area contributed by atoms with Crippen molar-refractivity contribution in [3.05, 3.63) is 118 Å². The summed E-state index contributed by atoms with van der Waals surface area (Å²) in [5, 5.41) is 5.04. The van der Waals surface area contributed by atoms with Crippen molar-refractivity contribution in [1.82, 2.24) is 19.3 Å². The summed E-state index contributed by atoms with van der Waals surface area (Å²) in [7, 11) is -5.08. The number of ether oxygens (including phenoxy) is 6. The molecule has 6 atom stereocenters. The minimum absolute atomic E-state index is 0.0498. The van der Waals surface area contributed by atoms with Crippen LogP contribution in [-0.4, -0.2) is 102 Å². The number of hydrogen-bond donors (Lipinski definition) is 0. The molecule has 6 aliphatic rings. The molecule has 2 aliphatic heterocycles. The number of amides is 1. The van der Waals surface area contributed by atoms with E-state index in [0.29, 0.717) is 71.3 Å². The highest BCUT2D eigenvalue weighted by Crippen LogP contribution is 2.61. The molecule has 1 saturated heterocycles. The number of rotatable bonds is 19. The zero-order valence-electron chi connectivity index (χ0n) is 49.5. The molecule has 4 aliphatic carbocycles. The van der Waals surface area contributed by atoms with E-state index in [4.69, 9.17) is 48.0 Å². The third kappa shape index (κ3) is 13.1. The normalized spacial score (nSPS) is 25.5. The number of para-hydroxylation sites is 1. The maximum Gasteiger partial charge on any atom is 0.303 e. The average molecular weight is 1200 g/mol. The summed E-state index contributed by atoms with van der Waals surface area (Å²) in [6.07, 6.45) is 4.71. The third-order valence-corrected chi connectivity index (χ3v) is 21.9. The summed E-state index contributed by atoms with van der Waals surface area (Å²) < 4.78 is 62.4. The van der Waals surface area contributed by atoms with Gasteiger partial charge in [0, 0.05) is 84.1 Å². The molecule has 4 bridgehead atoms. The van der Waals surface area contributed by atoms with Crippen molar-refractivity contribution in [2.45, 2.75) is 162 Å². The van der Waals surface area contributed by atoms with Gasteiger partial charge in [0.2, 0.25) is 19.8 Å². The largest absolute Gasteiger partial charge is 0.461 e. The lowest BCUT2D eigenvalue weighted by molar-refractivity contribution is -0.280. The highest BCUT2D eigenvalue weighted by Gasteiger charge is 2.53. The molecule has 5 heterocycles. The molecule has 6 aromatic rings. The standard InChI is InChI=1S/C63H77N6O12PSSi/c1-38-51(33-64-69(38)36-63-30-44-27-45(31-63)29-46(28-44)32-63)50-21-22-55(67-24-23-47-13-12-14-49(52(47)34-67)59(73)66-62-68(37-75-25-26-84(7,8)9)53-15-10-11-16-54(53)83-62)65-60(50)82(6,74)76-35-43-17-19-48(20-18-43)81-61-58(80-42(5)72)57(79-41(4)71)56(39(2)77-61)78-40(3)70/h10-22,33,39,44-46,56-58,61H,23-32,34-37H2,1-9H3/t39-,44?,45?,46?,56+,57+,58-,61-,63?,82?/m0/s1. The first-order chi connectivity index (χ1) is 40.1. The van der Waals surface area contributed by atoms with Crippen LogP contribution < -0.4 is 19.9 Å². The van der Waals surface area contributed by atoms with Crippen molar-refractivity contribution >= 4 is 72.1 Å². The topological polar surface area (TPSA) is 201 Å².